The molecule has 0 aromatic heterocycles. The Kier molecular flexibility index (Phi) is 5.43. The van der Waals surface area contributed by atoms with Crippen molar-refractivity contribution >= 4 is 7.60 Å². The van der Waals surface area contributed by atoms with Gasteiger partial charge in [0.25, 0.3) is 0 Å². The minimum Gasteiger partial charge on any atom is -0.311 e. The predicted octanol–water partition coefficient (Wildman–Crippen LogP) is 5.77. The van der Waals surface area contributed by atoms with Crippen LogP contribution in [0.1, 0.15) is 22.3 Å². The van der Waals surface area contributed by atoms with E-state index in [1.54, 1.807) is 0 Å². The Morgan fingerprint density at radius 2 is 1.04 bits per heavy atom. The first-order valence-corrected chi connectivity index (χ1v) is 10.0. The summed E-state index contributed by atoms with van der Waals surface area (Å²) in [6.07, 6.45) is 0. The second-order valence-corrected chi connectivity index (χ2v) is 8.57. The van der Waals surface area contributed by atoms with Gasteiger partial charge < -0.3 is 9.05 Å². The molecule has 3 nitrogen and oxygen atoms in total. The molecule has 0 saturated heterocycles. The highest BCUT2D eigenvalue weighted by Crippen LogP contribution is 2.69. The highest BCUT2D eigenvalue weighted by Gasteiger charge is 2.54. The van der Waals surface area contributed by atoms with Crippen LogP contribution >= 0.6 is 7.60 Å². The monoisotopic (exact) mass is 366 g/mol. The molecule has 3 rings (SSSR count). The van der Waals surface area contributed by atoms with Gasteiger partial charge in [-0.25, -0.2) is 0 Å². The third-order valence-corrected chi connectivity index (χ3v) is 7.30. The van der Waals surface area contributed by atoms with E-state index in [-0.39, 0.29) is 0 Å². The Balaban J connectivity index is 2.47. The van der Waals surface area contributed by atoms with E-state index in [4.69, 9.17) is 9.05 Å². The first kappa shape index (κ1) is 18.6. The second-order valence-electron chi connectivity index (χ2n) is 6.17. The maximum Gasteiger partial charge on any atom is 0.349 e. The molecule has 0 radical (unpaired) electrons. The van der Waals surface area contributed by atoms with E-state index in [0.29, 0.717) is 0 Å². The van der Waals surface area contributed by atoms with E-state index in [0.717, 1.165) is 22.3 Å². The summed E-state index contributed by atoms with van der Waals surface area (Å²) in [6, 6.07) is 27.6. The maximum absolute atomic E-state index is 14.0. The van der Waals surface area contributed by atoms with E-state index in [1.165, 1.54) is 14.2 Å². The fraction of sp³-hybridized carbons (Fsp3) is 0.182. The Bertz CT molecular complexity index is 842. The lowest BCUT2D eigenvalue weighted by Crippen LogP contribution is -2.31. The molecule has 0 atom stereocenters. The molecular weight excluding hydrogens is 343 g/mol. The van der Waals surface area contributed by atoms with Gasteiger partial charge in [-0.3, -0.25) is 4.57 Å². The van der Waals surface area contributed by atoms with Crippen LogP contribution in [0, 0.1) is 6.92 Å². The molecule has 0 aliphatic rings. The Morgan fingerprint density at radius 3 is 1.42 bits per heavy atom. The summed E-state index contributed by atoms with van der Waals surface area (Å²) in [6.45, 7) is 2.03. The largest absolute Gasteiger partial charge is 0.349 e. The molecule has 0 aliphatic heterocycles. The van der Waals surface area contributed by atoms with E-state index in [1.807, 2.05) is 91.9 Å². The quantitative estimate of drug-likeness (QED) is 0.410. The van der Waals surface area contributed by atoms with Crippen molar-refractivity contribution in [2.75, 3.05) is 14.2 Å². The SMILES string of the molecule is COP(=O)(OC)C(c1ccccc1)(c1ccccc1)c1ccc(C)cc1. The Labute approximate surface area is 155 Å². The minimum absolute atomic E-state index is 0.863. The van der Waals surface area contributed by atoms with Gasteiger partial charge in [0.05, 0.1) is 0 Å². The number of hydrogen-bond acceptors (Lipinski definition) is 3. The molecule has 0 unspecified atom stereocenters. The van der Waals surface area contributed by atoms with Gasteiger partial charge in [-0.15, -0.1) is 0 Å². The molecule has 4 heteroatoms. The summed E-state index contributed by atoms with van der Waals surface area (Å²) >= 11 is 0. The zero-order valence-electron chi connectivity index (χ0n) is 15.3. The number of rotatable bonds is 6. The van der Waals surface area contributed by atoms with Crippen molar-refractivity contribution in [3.63, 3.8) is 0 Å². The highest BCUT2D eigenvalue weighted by atomic mass is 31.2. The van der Waals surface area contributed by atoms with Crippen molar-refractivity contribution in [1.29, 1.82) is 0 Å². The fourth-order valence-electron chi connectivity index (χ4n) is 3.48. The highest BCUT2D eigenvalue weighted by molar-refractivity contribution is 7.55. The van der Waals surface area contributed by atoms with Crippen LogP contribution in [0.4, 0.5) is 0 Å². The van der Waals surface area contributed by atoms with Crippen molar-refractivity contribution in [2.45, 2.75) is 12.1 Å². The third kappa shape index (κ3) is 2.93. The zero-order chi connectivity index (χ0) is 18.6. The normalized spacial score (nSPS) is 12.1. The molecule has 0 saturated carbocycles. The molecule has 0 fully saturated rings. The minimum atomic E-state index is -3.60. The maximum atomic E-state index is 14.0. The first-order chi connectivity index (χ1) is 12.6. The Hall–Kier alpha value is -2.19. The van der Waals surface area contributed by atoms with Crippen LogP contribution in [0.2, 0.25) is 0 Å². The molecule has 0 amide bonds. The summed E-state index contributed by atoms with van der Waals surface area (Å²) in [5, 5.41) is -1.06. The van der Waals surface area contributed by atoms with Crippen molar-refractivity contribution in [3.05, 3.63) is 107 Å². The van der Waals surface area contributed by atoms with E-state index in [9.17, 15) is 4.57 Å². The van der Waals surface area contributed by atoms with Gasteiger partial charge in [0.1, 0.15) is 5.16 Å². The van der Waals surface area contributed by atoms with Gasteiger partial charge in [0.2, 0.25) is 0 Å². The van der Waals surface area contributed by atoms with Crippen LogP contribution < -0.4 is 0 Å². The summed E-state index contributed by atoms with van der Waals surface area (Å²) in [4.78, 5) is 0. The van der Waals surface area contributed by atoms with Gasteiger partial charge in [-0.05, 0) is 23.6 Å². The van der Waals surface area contributed by atoms with Crippen LogP contribution in [0.5, 0.6) is 0 Å². The summed E-state index contributed by atoms with van der Waals surface area (Å²) in [5.41, 5.74) is 3.73. The molecule has 3 aromatic rings. The number of benzene rings is 3. The van der Waals surface area contributed by atoms with Crippen LogP contribution in [-0.2, 0) is 18.8 Å². The number of aryl methyl sites for hydroxylation is 1. The lowest BCUT2D eigenvalue weighted by Gasteiger charge is -2.39. The zero-order valence-corrected chi connectivity index (χ0v) is 16.1. The third-order valence-electron chi connectivity index (χ3n) is 4.74. The first-order valence-electron chi connectivity index (χ1n) is 8.48. The van der Waals surface area contributed by atoms with E-state index < -0.39 is 12.8 Å². The number of hydrogen-bond donors (Lipinski definition) is 0. The van der Waals surface area contributed by atoms with Gasteiger partial charge in [-0.1, -0.05) is 90.5 Å². The average molecular weight is 366 g/mol. The molecule has 0 spiro atoms. The Morgan fingerprint density at radius 1 is 0.654 bits per heavy atom. The summed E-state index contributed by atoms with van der Waals surface area (Å²) in [5.74, 6) is 0. The van der Waals surface area contributed by atoms with Crippen molar-refractivity contribution < 1.29 is 13.6 Å². The van der Waals surface area contributed by atoms with E-state index in [2.05, 4.69) is 0 Å². The summed E-state index contributed by atoms with van der Waals surface area (Å²) < 4.78 is 25.2. The average Bonchev–Trinajstić information content (AvgIpc) is 2.71. The van der Waals surface area contributed by atoms with Gasteiger partial charge >= 0.3 is 7.60 Å². The molecule has 0 heterocycles. The molecule has 134 valence electrons. The standard InChI is InChI=1S/C22H23O3P/c1-18-14-16-21(17-15-18)22(26(23,24-2)25-3,19-10-6-4-7-11-19)20-12-8-5-9-13-20/h4-17H,1-3H3. The van der Waals surface area contributed by atoms with Crippen LogP contribution in [0.15, 0.2) is 84.9 Å². The molecule has 3 aromatic carbocycles. The lowest BCUT2D eigenvalue weighted by molar-refractivity contribution is 0.259. The van der Waals surface area contributed by atoms with Gasteiger partial charge in [-0.2, -0.15) is 0 Å². The summed E-state index contributed by atoms with van der Waals surface area (Å²) in [7, 11) is -0.716. The molecular formula is C22H23O3P. The topological polar surface area (TPSA) is 35.5 Å². The van der Waals surface area contributed by atoms with Crippen LogP contribution in [-0.4, -0.2) is 14.2 Å². The fourth-order valence-corrected chi connectivity index (χ4v) is 5.57. The smallest absolute Gasteiger partial charge is 0.311 e. The van der Waals surface area contributed by atoms with Crippen LogP contribution in [0.3, 0.4) is 0 Å². The molecule has 0 N–H and O–H groups in total. The van der Waals surface area contributed by atoms with Gasteiger partial charge in [0.15, 0.2) is 0 Å². The van der Waals surface area contributed by atoms with Crippen molar-refractivity contribution in [1.82, 2.24) is 0 Å². The molecule has 26 heavy (non-hydrogen) atoms. The van der Waals surface area contributed by atoms with E-state index >= 15 is 0 Å². The van der Waals surface area contributed by atoms with Crippen molar-refractivity contribution in [2.24, 2.45) is 0 Å². The molecule has 0 bridgehead atoms. The molecule has 0 aliphatic carbocycles. The second kappa shape index (κ2) is 7.59. The predicted molar refractivity (Wildman–Crippen MR) is 106 cm³/mol. The van der Waals surface area contributed by atoms with Crippen LogP contribution in [0.25, 0.3) is 0 Å². The van der Waals surface area contributed by atoms with Crippen molar-refractivity contribution in [3.8, 4) is 0 Å². The lowest BCUT2D eigenvalue weighted by atomic mass is 9.83. The van der Waals surface area contributed by atoms with Gasteiger partial charge in [0, 0.05) is 14.2 Å².